The lowest BCUT2D eigenvalue weighted by Crippen LogP contribution is -2.41. The van der Waals surface area contributed by atoms with E-state index >= 15 is 0 Å². The molecule has 0 spiro atoms. The lowest BCUT2D eigenvalue weighted by molar-refractivity contribution is -0.109. The van der Waals surface area contributed by atoms with Crippen LogP contribution in [0.1, 0.15) is 45.2 Å². The van der Waals surface area contributed by atoms with Crippen LogP contribution in [0.4, 0.5) is 8.78 Å². The Bertz CT molecular complexity index is 2060. The van der Waals surface area contributed by atoms with Crippen LogP contribution in [-0.2, 0) is 32.1 Å². The first-order valence-electron chi connectivity index (χ1n) is 13.8. The molecular weight excluding hydrogens is 608 g/mol. The third-order valence-corrected chi connectivity index (χ3v) is 11.9. The Kier molecular flexibility index (Phi) is 8.59. The van der Waals surface area contributed by atoms with E-state index in [1.807, 2.05) is 13.0 Å². The molecule has 0 amide bonds. The Hall–Kier alpha value is -4.16. The fraction of sp³-hybridized carbons (Fsp3) is 0.250. The zero-order chi connectivity index (χ0) is 31.8. The molecule has 0 aliphatic heterocycles. The van der Waals surface area contributed by atoms with E-state index in [2.05, 4.69) is 9.35 Å². The van der Waals surface area contributed by atoms with Gasteiger partial charge in [-0.3, -0.25) is 14.0 Å². The molecule has 1 N–H and O–H groups in total. The lowest BCUT2D eigenvalue weighted by atomic mass is 9.87. The minimum atomic E-state index is -4.11. The van der Waals surface area contributed by atoms with Crippen LogP contribution >= 0.6 is 0 Å². The molecule has 0 radical (unpaired) electrons. The zero-order valence-electron chi connectivity index (χ0n) is 24.6. The summed E-state index contributed by atoms with van der Waals surface area (Å²) in [5.74, 6) is -0.931. The van der Waals surface area contributed by atoms with Gasteiger partial charge in [0.05, 0.1) is 6.54 Å². The van der Waals surface area contributed by atoms with Crippen LogP contribution in [0.2, 0.25) is 0 Å². The number of hydrogen-bond acceptors (Lipinski definition) is 6. The van der Waals surface area contributed by atoms with E-state index in [0.717, 1.165) is 21.7 Å². The zero-order valence-corrected chi connectivity index (χ0v) is 26.2. The Morgan fingerprint density at radius 2 is 1.89 bits per heavy atom. The number of carbonyl (C=O) groups is 1. The van der Waals surface area contributed by atoms with Crippen molar-refractivity contribution in [3.63, 3.8) is 0 Å². The highest BCUT2D eigenvalue weighted by atomic mass is 32.2. The number of benzene rings is 2. The quantitative estimate of drug-likeness (QED) is 0.233. The number of aromatic amines is 1. The van der Waals surface area contributed by atoms with E-state index < -0.39 is 42.7 Å². The van der Waals surface area contributed by atoms with Gasteiger partial charge in [0.25, 0.3) is 5.56 Å². The first kappa shape index (κ1) is 31.3. The topological polar surface area (TPSA) is 111 Å². The summed E-state index contributed by atoms with van der Waals surface area (Å²) in [6, 6.07) is 11.4. The van der Waals surface area contributed by atoms with Crippen LogP contribution in [0, 0.1) is 11.6 Å². The van der Waals surface area contributed by atoms with E-state index in [4.69, 9.17) is 4.74 Å². The standard InChI is InChI=1S/C32H31F2N3O5S2/c1-5-43(21(3)38)36-19-22-6-8-28(42-29-9-7-25(33)18-27(29)34)26(17-22)24-10-13-32(4,20(2)16-24)44(40,41)37-15-12-23-11-14-35-31(39)30(23)37/h6-12,14-18H,5,13,19H2,1-4H3,(H,35,39). The molecule has 2 unspecified atom stereocenters. The van der Waals surface area contributed by atoms with Crippen molar-refractivity contribution in [2.45, 2.75) is 45.4 Å². The summed E-state index contributed by atoms with van der Waals surface area (Å²) >= 11 is 0. The maximum absolute atomic E-state index is 14.6. The molecule has 0 bridgehead atoms. The number of allylic oxidation sites excluding steroid dienone is 3. The molecule has 1 aliphatic rings. The van der Waals surface area contributed by atoms with Gasteiger partial charge in [-0.05, 0) is 84.1 Å². The number of rotatable bonds is 8. The van der Waals surface area contributed by atoms with Crippen LogP contribution in [0.3, 0.4) is 0 Å². The van der Waals surface area contributed by atoms with Gasteiger partial charge in [0.2, 0.25) is 10.0 Å². The predicted octanol–water partition coefficient (Wildman–Crippen LogP) is 6.64. The van der Waals surface area contributed by atoms with E-state index in [0.29, 0.717) is 27.8 Å². The van der Waals surface area contributed by atoms with Gasteiger partial charge in [-0.25, -0.2) is 21.2 Å². The highest BCUT2D eigenvalue weighted by Crippen LogP contribution is 2.42. The van der Waals surface area contributed by atoms with Gasteiger partial charge in [0, 0.05) is 42.1 Å². The molecule has 2 heterocycles. The molecule has 0 fully saturated rings. The predicted molar refractivity (Wildman–Crippen MR) is 169 cm³/mol. The fourth-order valence-corrected chi connectivity index (χ4v) is 8.02. The molecule has 1 aliphatic carbocycles. The molecule has 2 atom stereocenters. The number of ether oxygens (including phenoxy) is 1. The van der Waals surface area contributed by atoms with E-state index in [1.54, 1.807) is 50.3 Å². The Labute approximate surface area is 256 Å². The first-order valence-corrected chi connectivity index (χ1v) is 16.6. The van der Waals surface area contributed by atoms with Gasteiger partial charge in [0.15, 0.2) is 16.7 Å². The number of nitrogens with zero attached hydrogens (tertiary/aromatic N) is 2. The minimum absolute atomic E-state index is 0.00837. The fourth-order valence-electron chi connectivity index (χ4n) is 5.10. The number of halogens is 2. The second-order valence-electron chi connectivity index (χ2n) is 10.6. The highest BCUT2D eigenvalue weighted by Gasteiger charge is 2.43. The second-order valence-corrected chi connectivity index (χ2v) is 15.0. The van der Waals surface area contributed by atoms with E-state index in [-0.39, 0.29) is 35.1 Å². The third-order valence-electron chi connectivity index (χ3n) is 7.80. The maximum atomic E-state index is 14.6. The monoisotopic (exact) mass is 639 g/mol. The lowest BCUT2D eigenvalue weighted by Gasteiger charge is -2.33. The van der Waals surface area contributed by atoms with Crippen LogP contribution < -0.4 is 10.3 Å². The average Bonchev–Trinajstić information content (AvgIpc) is 3.43. The van der Waals surface area contributed by atoms with Crippen molar-refractivity contribution in [2.75, 3.05) is 5.75 Å². The highest BCUT2D eigenvalue weighted by molar-refractivity contribution is 8.02. The molecule has 0 saturated heterocycles. The largest absolute Gasteiger partial charge is 0.454 e. The smallest absolute Gasteiger partial charge is 0.273 e. The Balaban J connectivity index is 1.56. The van der Waals surface area contributed by atoms with Crippen LogP contribution in [0.15, 0.2) is 87.8 Å². The number of carbonyl (C=O) groups excluding carboxylic acids is 1. The van der Waals surface area contributed by atoms with Crippen molar-refractivity contribution in [1.82, 2.24) is 8.96 Å². The molecule has 2 aromatic carbocycles. The summed E-state index contributed by atoms with van der Waals surface area (Å²) in [5, 5.41) is 0.494. The van der Waals surface area contributed by atoms with Gasteiger partial charge in [-0.15, -0.1) is 0 Å². The molecule has 12 heteroatoms. The van der Waals surface area contributed by atoms with Gasteiger partial charge < -0.3 is 9.72 Å². The van der Waals surface area contributed by atoms with Crippen molar-refractivity contribution in [3.8, 4) is 11.5 Å². The summed E-state index contributed by atoms with van der Waals surface area (Å²) in [5.41, 5.74) is 1.99. The number of nitrogens with one attached hydrogen (secondary N) is 1. The van der Waals surface area contributed by atoms with Crippen molar-refractivity contribution < 1.29 is 26.7 Å². The number of aromatic nitrogens is 2. The molecule has 5 rings (SSSR count). The van der Waals surface area contributed by atoms with Crippen LogP contribution in [0.25, 0.3) is 16.5 Å². The normalized spacial score (nSPS) is 17.8. The summed E-state index contributed by atoms with van der Waals surface area (Å²) in [4.78, 5) is 27.0. The van der Waals surface area contributed by atoms with Gasteiger partial charge in [-0.2, -0.15) is 0 Å². The number of H-pyrrole nitrogens is 1. The maximum Gasteiger partial charge on any atom is 0.273 e. The molecule has 8 nitrogen and oxygen atoms in total. The molecule has 0 saturated carbocycles. The number of pyridine rings is 1. The Morgan fingerprint density at radius 1 is 1.14 bits per heavy atom. The molecule has 44 heavy (non-hydrogen) atoms. The summed E-state index contributed by atoms with van der Waals surface area (Å²) in [7, 11) is -4.85. The van der Waals surface area contributed by atoms with E-state index in [1.165, 1.54) is 25.4 Å². The summed E-state index contributed by atoms with van der Waals surface area (Å²) in [6.07, 6.45) is 6.41. The third kappa shape index (κ3) is 5.71. The van der Waals surface area contributed by atoms with Crippen molar-refractivity contribution in [2.24, 2.45) is 4.36 Å². The number of hydrogen-bond donors (Lipinski definition) is 1. The second kappa shape index (κ2) is 12.1. The molecule has 4 aromatic rings. The molecular formula is C32H31F2N3O5S2. The average molecular weight is 640 g/mol. The van der Waals surface area contributed by atoms with Gasteiger partial charge in [-0.1, -0.05) is 25.1 Å². The minimum Gasteiger partial charge on any atom is -0.454 e. The van der Waals surface area contributed by atoms with Gasteiger partial charge >= 0.3 is 0 Å². The van der Waals surface area contributed by atoms with E-state index in [9.17, 15) is 26.8 Å². The summed E-state index contributed by atoms with van der Waals surface area (Å²) < 4.78 is 66.3. The van der Waals surface area contributed by atoms with Crippen molar-refractivity contribution in [3.05, 3.63) is 112 Å². The molecule has 230 valence electrons. The molecule has 2 aromatic heterocycles. The summed E-state index contributed by atoms with van der Waals surface area (Å²) in [6.45, 7) is 6.98. The van der Waals surface area contributed by atoms with Crippen molar-refractivity contribution in [1.29, 1.82) is 0 Å². The Morgan fingerprint density at radius 3 is 2.57 bits per heavy atom. The van der Waals surface area contributed by atoms with Crippen molar-refractivity contribution >= 4 is 42.3 Å². The van der Waals surface area contributed by atoms with Crippen LogP contribution in [-0.4, -0.2) is 33.0 Å². The first-order chi connectivity index (χ1) is 20.9. The van der Waals surface area contributed by atoms with Crippen LogP contribution in [0.5, 0.6) is 11.5 Å². The number of fused-ring (bicyclic) bond motifs is 1. The SMILES string of the molecule is CCS(=NCc1ccc(Oc2ccc(F)cc2F)c(C2=CCC(C)(S(=O)(=O)n3ccc4cc[nH]c(=O)c43)C(C)=C2)c1)C(C)=O. The van der Waals surface area contributed by atoms with Gasteiger partial charge in [0.1, 0.15) is 21.8 Å².